The molecule has 0 aromatic carbocycles. The second-order valence-electron chi connectivity index (χ2n) is 9.28. The van der Waals surface area contributed by atoms with Gasteiger partial charge in [0, 0.05) is 38.9 Å². The van der Waals surface area contributed by atoms with E-state index in [-0.39, 0.29) is 35.0 Å². The number of imidazole rings is 1. The van der Waals surface area contributed by atoms with E-state index in [1.165, 1.54) is 22.9 Å². The monoisotopic (exact) mass is 574 g/mol. The first-order valence-corrected chi connectivity index (χ1v) is 14.0. The molecule has 2 fully saturated rings. The molecule has 0 atom stereocenters. The number of aromatic nitrogens is 4. The van der Waals surface area contributed by atoms with Crippen molar-refractivity contribution in [3.63, 3.8) is 0 Å². The average Bonchev–Trinajstić information content (AvgIpc) is 3.50. The van der Waals surface area contributed by atoms with E-state index < -0.39 is 26.7 Å². The topological polar surface area (TPSA) is 134 Å². The van der Waals surface area contributed by atoms with Crippen LogP contribution >= 0.6 is 11.3 Å². The molecule has 0 aliphatic carbocycles. The van der Waals surface area contributed by atoms with Crippen molar-refractivity contribution in [1.29, 1.82) is 0 Å². The van der Waals surface area contributed by atoms with Gasteiger partial charge in [-0.2, -0.15) is 13.2 Å². The molecule has 0 spiro atoms. The van der Waals surface area contributed by atoms with Crippen LogP contribution < -0.4 is 14.9 Å². The van der Waals surface area contributed by atoms with Crippen molar-refractivity contribution in [1.82, 2.24) is 34.5 Å². The Kier molecular flexibility index (Phi) is 6.73. The molecule has 2 amide bonds. The second kappa shape index (κ2) is 9.62. The van der Waals surface area contributed by atoms with Gasteiger partial charge in [-0.25, -0.2) is 22.9 Å². The molecule has 2 saturated heterocycles. The van der Waals surface area contributed by atoms with Crippen LogP contribution in [0.2, 0.25) is 0 Å². The Morgan fingerprint density at radius 3 is 2.50 bits per heavy atom. The Morgan fingerprint density at radius 2 is 1.92 bits per heavy atom. The zero-order valence-corrected chi connectivity index (χ0v) is 22.1. The highest BCUT2D eigenvalue weighted by molar-refractivity contribution is 7.89. The van der Waals surface area contributed by atoms with Gasteiger partial charge in [-0.3, -0.25) is 4.40 Å². The SMILES string of the molecule is CCNC(=O)N1CCN(c2cc(S(=O)(=O)NC3(C)COC3)cn3c(-c4nnc(C(F)(F)F)s4)ncc23)CC1. The molecule has 0 unspecified atom stereocenters. The molecule has 0 saturated carbocycles. The quantitative estimate of drug-likeness (QED) is 0.455. The summed E-state index contributed by atoms with van der Waals surface area (Å²) in [7, 11) is -4.05. The lowest BCUT2D eigenvalue weighted by molar-refractivity contribution is -0.138. The third-order valence-electron chi connectivity index (χ3n) is 6.22. The van der Waals surface area contributed by atoms with Crippen molar-refractivity contribution >= 4 is 38.6 Å². The number of urea groups is 1. The Hall–Kier alpha value is -3.02. The van der Waals surface area contributed by atoms with Crippen LogP contribution in [-0.4, -0.2) is 90.4 Å². The number of piperazine rings is 1. The highest BCUT2D eigenvalue weighted by Gasteiger charge is 2.39. The Balaban J connectivity index is 1.56. The van der Waals surface area contributed by atoms with Gasteiger partial charge in [0.1, 0.15) is 4.90 Å². The van der Waals surface area contributed by atoms with Crippen LogP contribution in [0.1, 0.15) is 18.9 Å². The molecule has 12 nitrogen and oxygen atoms in total. The third-order valence-corrected chi connectivity index (χ3v) is 8.79. The molecule has 38 heavy (non-hydrogen) atoms. The molecule has 17 heteroatoms. The lowest BCUT2D eigenvalue weighted by atomic mass is 10.0. The normalized spacial score (nSPS) is 18.0. The van der Waals surface area contributed by atoms with Crippen molar-refractivity contribution in [2.45, 2.75) is 30.5 Å². The molecule has 0 bridgehead atoms. The fourth-order valence-corrected chi connectivity index (χ4v) is 6.40. The number of ether oxygens (including phenoxy) is 1. The first-order valence-electron chi connectivity index (χ1n) is 11.7. The molecule has 2 N–H and O–H groups in total. The van der Waals surface area contributed by atoms with E-state index in [2.05, 4.69) is 25.2 Å². The number of amides is 2. The predicted molar refractivity (Wildman–Crippen MR) is 132 cm³/mol. The van der Waals surface area contributed by atoms with Gasteiger partial charge in [-0.1, -0.05) is 11.3 Å². The fraction of sp³-hybridized carbons (Fsp3) is 0.524. The van der Waals surface area contributed by atoms with Gasteiger partial charge in [-0.05, 0) is 19.9 Å². The maximum absolute atomic E-state index is 13.4. The smallest absolute Gasteiger partial charge is 0.377 e. The molecule has 3 aromatic rings. The maximum atomic E-state index is 13.4. The van der Waals surface area contributed by atoms with Crippen LogP contribution in [0.15, 0.2) is 23.4 Å². The largest absolute Gasteiger partial charge is 0.445 e. The summed E-state index contributed by atoms with van der Waals surface area (Å²) in [6.07, 6.45) is -1.90. The Bertz CT molecular complexity index is 1460. The fourth-order valence-electron chi connectivity index (χ4n) is 4.30. The molecule has 3 aromatic heterocycles. The summed E-state index contributed by atoms with van der Waals surface area (Å²) in [5.74, 6) is 0.0328. The minimum absolute atomic E-state index is 0.0328. The van der Waals surface area contributed by atoms with Crippen LogP contribution in [0, 0.1) is 0 Å². The third kappa shape index (κ3) is 5.02. The highest BCUT2D eigenvalue weighted by Crippen LogP contribution is 2.36. The number of hydrogen-bond donors (Lipinski definition) is 2. The Morgan fingerprint density at radius 1 is 1.21 bits per heavy atom. The zero-order chi connectivity index (χ0) is 27.3. The standard InChI is InChI=1S/C21H25F3N8O4S2/c1-3-25-19(33)31-6-4-30(5-7-31)14-8-13(38(34,35)29-20(2)11-36-12-20)10-32-15(14)9-26-16(32)17-27-28-18(37-17)21(22,23)24/h8-10,29H,3-7,11-12H2,1-2H3,(H,25,33). The molecular weight excluding hydrogens is 549 g/mol. The molecule has 5 heterocycles. The van der Waals surface area contributed by atoms with E-state index >= 15 is 0 Å². The second-order valence-corrected chi connectivity index (χ2v) is 11.9. The minimum Gasteiger partial charge on any atom is -0.377 e. The van der Waals surface area contributed by atoms with Crippen molar-refractivity contribution in [3.05, 3.63) is 23.5 Å². The molecule has 206 valence electrons. The summed E-state index contributed by atoms with van der Waals surface area (Å²) in [6.45, 7) is 6.08. The van der Waals surface area contributed by atoms with E-state index in [1.807, 2.05) is 11.8 Å². The Labute approximate surface area is 219 Å². The first-order chi connectivity index (χ1) is 17.9. The van der Waals surface area contributed by atoms with Crippen LogP contribution in [0.3, 0.4) is 0 Å². The van der Waals surface area contributed by atoms with Gasteiger partial charge in [0.15, 0.2) is 10.8 Å². The van der Waals surface area contributed by atoms with Crippen LogP contribution in [0.4, 0.5) is 23.7 Å². The number of nitrogens with zero attached hydrogens (tertiary/aromatic N) is 6. The maximum Gasteiger partial charge on any atom is 0.445 e. The lowest BCUT2D eigenvalue weighted by Gasteiger charge is -2.38. The highest BCUT2D eigenvalue weighted by atomic mass is 32.2. The van der Waals surface area contributed by atoms with Gasteiger partial charge in [0.2, 0.25) is 15.0 Å². The van der Waals surface area contributed by atoms with Crippen molar-refractivity contribution in [2.75, 3.05) is 50.8 Å². The summed E-state index contributed by atoms with van der Waals surface area (Å²) >= 11 is 0.321. The average molecular weight is 575 g/mol. The molecular formula is C21H25F3N8O4S2. The molecule has 2 aliphatic heterocycles. The van der Waals surface area contributed by atoms with Crippen LogP contribution in [0.25, 0.3) is 16.3 Å². The van der Waals surface area contributed by atoms with Gasteiger partial charge in [-0.15, -0.1) is 10.2 Å². The van der Waals surface area contributed by atoms with Crippen molar-refractivity contribution < 1.29 is 31.1 Å². The minimum atomic E-state index is -4.67. The van der Waals surface area contributed by atoms with Crippen LogP contribution in [-0.2, 0) is 20.9 Å². The zero-order valence-electron chi connectivity index (χ0n) is 20.4. The number of carbonyl (C=O) groups is 1. The van der Waals surface area contributed by atoms with Crippen LogP contribution in [0.5, 0.6) is 0 Å². The number of nitrogens with one attached hydrogen (secondary N) is 2. The predicted octanol–water partition coefficient (Wildman–Crippen LogP) is 1.79. The number of anilines is 1. The van der Waals surface area contributed by atoms with E-state index in [4.69, 9.17) is 4.74 Å². The summed E-state index contributed by atoms with van der Waals surface area (Å²) in [6, 6.07) is 1.33. The van der Waals surface area contributed by atoms with E-state index in [0.29, 0.717) is 55.3 Å². The van der Waals surface area contributed by atoms with E-state index in [9.17, 15) is 26.4 Å². The van der Waals surface area contributed by atoms with E-state index in [0.717, 1.165) is 0 Å². The number of alkyl halides is 3. The number of halogens is 3. The number of carbonyl (C=O) groups excluding carboxylic acids is 1. The summed E-state index contributed by atoms with van der Waals surface area (Å²) in [4.78, 5) is 20.0. The molecule has 2 aliphatic rings. The number of sulfonamides is 1. The number of fused-ring (bicyclic) bond motifs is 1. The molecule has 0 radical (unpaired) electrons. The number of rotatable bonds is 6. The number of pyridine rings is 1. The van der Waals surface area contributed by atoms with Crippen molar-refractivity contribution in [3.8, 4) is 10.8 Å². The first kappa shape index (κ1) is 26.6. The summed E-state index contributed by atoms with van der Waals surface area (Å²) < 4.78 is 75.5. The van der Waals surface area contributed by atoms with Gasteiger partial charge in [0.25, 0.3) is 0 Å². The van der Waals surface area contributed by atoms with Gasteiger partial charge >= 0.3 is 12.2 Å². The van der Waals surface area contributed by atoms with Gasteiger partial charge in [0.05, 0.1) is 36.2 Å². The van der Waals surface area contributed by atoms with Gasteiger partial charge < -0.3 is 19.9 Å². The molecule has 5 rings (SSSR count). The number of hydrogen-bond acceptors (Lipinski definition) is 9. The summed E-state index contributed by atoms with van der Waals surface area (Å²) in [5.41, 5.74) is 0.218. The van der Waals surface area contributed by atoms with Crippen molar-refractivity contribution in [2.24, 2.45) is 0 Å². The lowest BCUT2D eigenvalue weighted by Crippen LogP contribution is -2.59. The summed E-state index contributed by atoms with van der Waals surface area (Å²) in [5, 5.41) is 8.41. The van der Waals surface area contributed by atoms with E-state index in [1.54, 1.807) is 11.8 Å².